The lowest BCUT2D eigenvalue weighted by atomic mass is 10.1. The molecule has 0 fully saturated rings. The highest BCUT2D eigenvalue weighted by Gasteiger charge is 2.13. The van der Waals surface area contributed by atoms with Crippen LogP contribution in [0.3, 0.4) is 0 Å². The highest BCUT2D eigenvalue weighted by Crippen LogP contribution is 2.21. The van der Waals surface area contributed by atoms with Crippen LogP contribution in [-0.2, 0) is 18.2 Å². The molecule has 0 radical (unpaired) electrons. The molecule has 1 heterocycles. The van der Waals surface area contributed by atoms with E-state index in [1.807, 2.05) is 18.7 Å². The summed E-state index contributed by atoms with van der Waals surface area (Å²) in [6.45, 7) is 6.74. The van der Waals surface area contributed by atoms with Gasteiger partial charge in [0.2, 0.25) is 0 Å². The number of aromatic nitrogens is 2. The van der Waals surface area contributed by atoms with E-state index in [0.29, 0.717) is 5.92 Å². The van der Waals surface area contributed by atoms with Crippen LogP contribution >= 0.6 is 11.6 Å². The Hall–Kier alpha value is -0.580. The summed E-state index contributed by atoms with van der Waals surface area (Å²) in [5, 5.41) is 8.47. The predicted molar refractivity (Wildman–Crippen MR) is 70.6 cm³/mol. The first-order valence-electron chi connectivity index (χ1n) is 5.93. The standard InChI is InChI=1S/C12H22ClN3O/c1-9(8-14-5-6-17-4)7-11-12(13)10(2)15-16(11)3/h9,14H,5-8H2,1-4H3. The first kappa shape index (κ1) is 14.5. The lowest BCUT2D eigenvalue weighted by Crippen LogP contribution is -2.26. The van der Waals surface area contributed by atoms with E-state index in [4.69, 9.17) is 16.3 Å². The molecule has 0 bridgehead atoms. The molecule has 0 aliphatic carbocycles. The Bertz CT molecular complexity index is 352. The van der Waals surface area contributed by atoms with Crippen molar-refractivity contribution in [3.05, 3.63) is 16.4 Å². The van der Waals surface area contributed by atoms with Gasteiger partial charge in [-0.05, 0) is 25.8 Å². The largest absolute Gasteiger partial charge is 0.383 e. The van der Waals surface area contributed by atoms with Gasteiger partial charge in [-0.1, -0.05) is 18.5 Å². The maximum Gasteiger partial charge on any atom is 0.0847 e. The lowest BCUT2D eigenvalue weighted by molar-refractivity contribution is 0.198. The maximum absolute atomic E-state index is 6.22. The number of ether oxygens (including phenoxy) is 1. The van der Waals surface area contributed by atoms with Crippen molar-refractivity contribution in [1.82, 2.24) is 15.1 Å². The number of halogens is 1. The van der Waals surface area contributed by atoms with Gasteiger partial charge in [0.1, 0.15) is 0 Å². The summed E-state index contributed by atoms with van der Waals surface area (Å²) in [7, 11) is 3.66. The zero-order valence-electron chi connectivity index (χ0n) is 11.1. The van der Waals surface area contributed by atoms with E-state index in [1.165, 1.54) is 0 Å². The van der Waals surface area contributed by atoms with E-state index in [2.05, 4.69) is 17.3 Å². The molecule has 0 amide bonds. The maximum atomic E-state index is 6.22. The molecule has 4 nitrogen and oxygen atoms in total. The monoisotopic (exact) mass is 259 g/mol. The Kier molecular flexibility index (Phi) is 5.95. The van der Waals surface area contributed by atoms with Crippen LogP contribution in [0.5, 0.6) is 0 Å². The topological polar surface area (TPSA) is 39.1 Å². The number of hydrogen-bond donors (Lipinski definition) is 1. The van der Waals surface area contributed by atoms with Crippen molar-refractivity contribution in [2.24, 2.45) is 13.0 Å². The van der Waals surface area contributed by atoms with Crippen LogP contribution in [0.2, 0.25) is 5.02 Å². The van der Waals surface area contributed by atoms with Crippen molar-refractivity contribution >= 4 is 11.6 Å². The minimum Gasteiger partial charge on any atom is -0.383 e. The van der Waals surface area contributed by atoms with Gasteiger partial charge in [0, 0.05) is 20.7 Å². The molecular formula is C12H22ClN3O. The number of hydrogen-bond acceptors (Lipinski definition) is 3. The van der Waals surface area contributed by atoms with Gasteiger partial charge in [-0.2, -0.15) is 5.10 Å². The predicted octanol–water partition coefficient (Wildman–Crippen LogP) is 1.80. The average Bonchev–Trinajstić information content (AvgIpc) is 2.52. The lowest BCUT2D eigenvalue weighted by Gasteiger charge is -2.13. The summed E-state index contributed by atoms with van der Waals surface area (Å²) in [4.78, 5) is 0. The van der Waals surface area contributed by atoms with Crippen LogP contribution in [0, 0.1) is 12.8 Å². The van der Waals surface area contributed by atoms with Gasteiger partial charge in [0.15, 0.2) is 0 Å². The van der Waals surface area contributed by atoms with Crippen molar-refractivity contribution in [3.8, 4) is 0 Å². The van der Waals surface area contributed by atoms with Gasteiger partial charge in [-0.3, -0.25) is 4.68 Å². The van der Waals surface area contributed by atoms with E-state index >= 15 is 0 Å². The summed E-state index contributed by atoms with van der Waals surface area (Å²) in [6, 6.07) is 0. The summed E-state index contributed by atoms with van der Waals surface area (Å²) in [5.74, 6) is 0.527. The van der Waals surface area contributed by atoms with E-state index in [0.717, 1.165) is 42.5 Å². The van der Waals surface area contributed by atoms with E-state index in [9.17, 15) is 0 Å². The van der Waals surface area contributed by atoms with Gasteiger partial charge >= 0.3 is 0 Å². The third-order valence-electron chi connectivity index (χ3n) is 2.78. The number of rotatable bonds is 7. The van der Waals surface area contributed by atoms with Crippen molar-refractivity contribution in [2.75, 3.05) is 26.8 Å². The molecule has 0 aliphatic heterocycles. The molecule has 0 saturated carbocycles. The zero-order chi connectivity index (χ0) is 12.8. The number of methoxy groups -OCH3 is 1. The first-order chi connectivity index (χ1) is 8.06. The smallest absolute Gasteiger partial charge is 0.0847 e. The summed E-state index contributed by atoms with van der Waals surface area (Å²) >= 11 is 6.22. The molecular weight excluding hydrogens is 238 g/mol. The molecule has 0 aromatic carbocycles. The molecule has 0 saturated heterocycles. The molecule has 5 heteroatoms. The summed E-state index contributed by atoms with van der Waals surface area (Å²) < 4.78 is 6.86. The van der Waals surface area contributed by atoms with Crippen molar-refractivity contribution in [3.63, 3.8) is 0 Å². The second kappa shape index (κ2) is 6.99. The molecule has 1 N–H and O–H groups in total. The fraction of sp³-hybridized carbons (Fsp3) is 0.750. The zero-order valence-corrected chi connectivity index (χ0v) is 11.8. The van der Waals surface area contributed by atoms with Crippen molar-refractivity contribution in [1.29, 1.82) is 0 Å². The number of aryl methyl sites for hydroxylation is 2. The van der Waals surface area contributed by atoms with Crippen LogP contribution in [0.15, 0.2) is 0 Å². The fourth-order valence-electron chi connectivity index (χ4n) is 1.83. The average molecular weight is 260 g/mol. The normalized spacial score (nSPS) is 13.0. The van der Waals surface area contributed by atoms with Crippen molar-refractivity contribution in [2.45, 2.75) is 20.3 Å². The Morgan fingerprint density at radius 3 is 2.76 bits per heavy atom. The van der Waals surface area contributed by atoms with Gasteiger partial charge in [0.25, 0.3) is 0 Å². The molecule has 0 spiro atoms. The fourth-order valence-corrected chi connectivity index (χ4v) is 2.06. The second-order valence-electron chi connectivity index (χ2n) is 4.48. The first-order valence-corrected chi connectivity index (χ1v) is 6.31. The molecule has 0 aliphatic rings. The number of nitrogens with zero attached hydrogens (tertiary/aromatic N) is 2. The van der Waals surface area contributed by atoms with Gasteiger partial charge in [-0.25, -0.2) is 0 Å². The third kappa shape index (κ3) is 4.30. The Balaban J connectivity index is 2.42. The highest BCUT2D eigenvalue weighted by molar-refractivity contribution is 6.31. The highest BCUT2D eigenvalue weighted by atomic mass is 35.5. The van der Waals surface area contributed by atoms with E-state index < -0.39 is 0 Å². The molecule has 98 valence electrons. The molecule has 1 aromatic heterocycles. The SMILES string of the molecule is COCCNCC(C)Cc1c(Cl)c(C)nn1C. The third-order valence-corrected chi connectivity index (χ3v) is 3.27. The molecule has 1 atom stereocenters. The Morgan fingerprint density at radius 1 is 1.53 bits per heavy atom. The Morgan fingerprint density at radius 2 is 2.24 bits per heavy atom. The van der Waals surface area contributed by atoms with Crippen LogP contribution in [0.1, 0.15) is 18.3 Å². The Labute approximate surface area is 108 Å². The molecule has 1 aromatic rings. The summed E-state index contributed by atoms with van der Waals surface area (Å²) in [5.41, 5.74) is 2.02. The molecule has 17 heavy (non-hydrogen) atoms. The summed E-state index contributed by atoms with van der Waals surface area (Å²) in [6.07, 6.45) is 0.941. The van der Waals surface area contributed by atoms with E-state index in [1.54, 1.807) is 7.11 Å². The van der Waals surface area contributed by atoms with Gasteiger partial charge < -0.3 is 10.1 Å². The van der Waals surface area contributed by atoms with Crippen LogP contribution in [-0.4, -0.2) is 36.6 Å². The van der Waals surface area contributed by atoms with E-state index in [-0.39, 0.29) is 0 Å². The second-order valence-corrected chi connectivity index (χ2v) is 4.85. The van der Waals surface area contributed by atoms with Crippen LogP contribution in [0.4, 0.5) is 0 Å². The van der Waals surface area contributed by atoms with Crippen LogP contribution in [0.25, 0.3) is 0 Å². The quantitative estimate of drug-likeness (QED) is 0.759. The number of nitrogens with one attached hydrogen (secondary N) is 1. The van der Waals surface area contributed by atoms with Gasteiger partial charge in [0.05, 0.1) is 23.0 Å². The minimum atomic E-state index is 0.527. The van der Waals surface area contributed by atoms with Crippen molar-refractivity contribution < 1.29 is 4.74 Å². The molecule has 1 rings (SSSR count). The van der Waals surface area contributed by atoms with Crippen LogP contribution < -0.4 is 5.32 Å². The van der Waals surface area contributed by atoms with Gasteiger partial charge in [-0.15, -0.1) is 0 Å². The molecule has 1 unspecified atom stereocenters. The minimum absolute atomic E-state index is 0.527.